The summed E-state index contributed by atoms with van der Waals surface area (Å²) in [7, 11) is 0. The van der Waals surface area contributed by atoms with Gasteiger partial charge >= 0.3 is 0 Å². The van der Waals surface area contributed by atoms with Crippen LogP contribution in [0, 0.1) is 0 Å². The maximum absolute atomic E-state index is 11.8. The van der Waals surface area contributed by atoms with Gasteiger partial charge in [0.25, 0.3) is 0 Å². The first-order valence-corrected chi connectivity index (χ1v) is 6.63. The summed E-state index contributed by atoms with van der Waals surface area (Å²) in [5.74, 6) is 0.284. The van der Waals surface area contributed by atoms with E-state index in [-0.39, 0.29) is 12.5 Å². The van der Waals surface area contributed by atoms with Gasteiger partial charge in [0.2, 0.25) is 5.91 Å². The number of likely N-dealkylation sites (tertiary alicyclic amines) is 1. The lowest BCUT2D eigenvalue weighted by molar-refractivity contribution is -0.135. The highest BCUT2D eigenvalue weighted by molar-refractivity contribution is 5.78. The van der Waals surface area contributed by atoms with Gasteiger partial charge in [-0.15, -0.1) is 0 Å². The monoisotopic (exact) mass is 241 g/mol. The highest BCUT2D eigenvalue weighted by atomic mass is 16.3. The fourth-order valence-electron chi connectivity index (χ4n) is 2.40. The molecule has 17 heavy (non-hydrogen) atoms. The van der Waals surface area contributed by atoms with Gasteiger partial charge in [-0.25, -0.2) is 0 Å². The molecule has 0 aromatic rings. The van der Waals surface area contributed by atoms with Crippen molar-refractivity contribution in [2.75, 3.05) is 59.0 Å². The number of carbonyl (C=O) groups excluding carboxylic acids is 1. The van der Waals surface area contributed by atoms with Gasteiger partial charge < -0.3 is 10.0 Å². The van der Waals surface area contributed by atoms with Crippen LogP contribution in [0.3, 0.4) is 0 Å². The number of rotatable bonds is 4. The molecule has 2 aliphatic heterocycles. The molecule has 0 spiro atoms. The lowest BCUT2D eigenvalue weighted by atomic mass is 10.2. The first kappa shape index (κ1) is 12.8. The van der Waals surface area contributed by atoms with Crippen molar-refractivity contribution in [3.05, 3.63) is 0 Å². The van der Waals surface area contributed by atoms with Crippen molar-refractivity contribution in [2.45, 2.75) is 12.8 Å². The molecule has 2 rings (SSSR count). The molecule has 2 saturated heterocycles. The molecular formula is C12H23N3O2. The van der Waals surface area contributed by atoms with Gasteiger partial charge in [0.15, 0.2) is 0 Å². The normalized spacial score (nSPS) is 23.2. The van der Waals surface area contributed by atoms with E-state index in [1.165, 1.54) is 0 Å². The Bertz CT molecular complexity index is 256. The molecule has 0 atom stereocenters. The van der Waals surface area contributed by atoms with Crippen molar-refractivity contribution in [1.82, 2.24) is 14.7 Å². The topological polar surface area (TPSA) is 47.0 Å². The van der Waals surface area contributed by atoms with Crippen LogP contribution in [-0.4, -0.2) is 84.7 Å². The first-order chi connectivity index (χ1) is 8.29. The first-order valence-electron chi connectivity index (χ1n) is 6.63. The zero-order valence-corrected chi connectivity index (χ0v) is 10.5. The van der Waals surface area contributed by atoms with E-state index in [0.29, 0.717) is 6.54 Å². The fraction of sp³-hybridized carbons (Fsp3) is 0.917. The Balaban J connectivity index is 1.72. The minimum Gasteiger partial charge on any atom is -0.395 e. The molecule has 2 heterocycles. The Kier molecular flexibility index (Phi) is 4.76. The summed E-state index contributed by atoms with van der Waals surface area (Å²) < 4.78 is 0. The van der Waals surface area contributed by atoms with E-state index in [1.54, 1.807) is 0 Å². The van der Waals surface area contributed by atoms with Crippen molar-refractivity contribution in [1.29, 1.82) is 0 Å². The van der Waals surface area contributed by atoms with Crippen LogP contribution < -0.4 is 0 Å². The third-order valence-electron chi connectivity index (χ3n) is 3.67. The van der Waals surface area contributed by atoms with Gasteiger partial charge in [0.05, 0.1) is 13.2 Å². The summed E-state index contributed by atoms with van der Waals surface area (Å²) in [5.41, 5.74) is 0. The van der Waals surface area contributed by atoms with Crippen molar-refractivity contribution in [2.24, 2.45) is 0 Å². The van der Waals surface area contributed by atoms with Crippen LogP contribution in [0.2, 0.25) is 0 Å². The Morgan fingerprint density at radius 3 is 2.24 bits per heavy atom. The Labute approximate surface area is 103 Å². The van der Waals surface area contributed by atoms with E-state index < -0.39 is 0 Å². The van der Waals surface area contributed by atoms with Gasteiger partial charge in [-0.2, -0.15) is 0 Å². The predicted octanol–water partition coefficient (Wildman–Crippen LogP) is -0.781. The van der Waals surface area contributed by atoms with Crippen LogP contribution in [0.15, 0.2) is 0 Å². The molecule has 0 aliphatic carbocycles. The minimum absolute atomic E-state index is 0.229. The van der Waals surface area contributed by atoms with Gasteiger partial charge in [-0.3, -0.25) is 14.6 Å². The van der Waals surface area contributed by atoms with Crippen molar-refractivity contribution < 1.29 is 9.90 Å². The van der Waals surface area contributed by atoms with Crippen LogP contribution in [0.5, 0.6) is 0 Å². The van der Waals surface area contributed by atoms with Crippen molar-refractivity contribution >= 4 is 5.91 Å². The molecule has 0 saturated carbocycles. The number of hydrogen-bond donors (Lipinski definition) is 1. The summed E-state index contributed by atoms with van der Waals surface area (Å²) in [6, 6.07) is 0. The van der Waals surface area contributed by atoms with E-state index in [0.717, 1.165) is 58.7 Å². The Hall–Kier alpha value is -0.650. The maximum atomic E-state index is 11.8. The van der Waals surface area contributed by atoms with E-state index in [1.807, 2.05) is 4.90 Å². The van der Waals surface area contributed by atoms with Crippen LogP contribution in [0.1, 0.15) is 12.8 Å². The summed E-state index contributed by atoms with van der Waals surface area (Å²) in [6.07, 6.45) is 2.25. The average Bonchev–Trinajstić information content (AvgIpc) is 2.42. The van der Waals surface area contributed by atoms with Gasteiger partial charge in [-0.05, 0) is 25.9 Å². The van der Waals surface area contributed by atoms with Gasteiger partial charge in [0, 0.05) is 32.7 Å². The molecule has 1 N–H and O–H groups in total. The Morgan fingerprint density at radius 2 is 1.59 bits per heavy atom. The van der Waals surface area contributed by atoms with Crippen molar-refractivity contribution in [3.8, 4) is 0 Å². The van der Waals surface area contributed by atoms with Crippen LogP contribution in [0.4, 0.5) is 0 Å². The number of carbonyl (C=O) groups is 1. The van der Waals surface area contributed by atoms with Crippen LogP contribution in [0.25, 0.3) is 0 Å². The molecule has 0 unspecified atom stereocenters. The molecule has 5 nitrogen and oxygen atoms in total. The third kappa shape index (κ3) is 3.66. The molecule has 5 heteroatoms. The van der Waals surface area contributed by atoms with Crippen LogP contribution >= 0.6 is 0 Å². The predicted molar refractivity (Wildman–Crippen MR) is 65.8 cm³/mol. The second-order valence-corrected chi connectivity index (χ2v) is 4.93. The average molecular weight is 241 g/mol. The molecule has 0 radical (unpaired) electrons. The van der Waals surface area contributed by atoms with E-state index in [2.05, 4.69) is 9.80 Å². The summed E-state index contributed by atoms with van der Waals surface area (Å²) in [4.78, 5) is 18.3. The highest BCUT2D eigenvalue weighted by Gasteiger charge is 2.23. The quantitative estimate of drug-likeness (QED) is 0.701. The Morgan fingerprint density at radius 1 is 0.941 bits per heavy atom. The van der Waals surface area contributed by atoms with E-state index in [4.69, 9.17) is 5.11 Å². The second kappa shape index (κ2) is 6.33. The largest absolute Gasteiger partial charge is 0.395 e. The molecule has 2 fully saturated rings. The molecule has 0 aromatic carbocycles. The third-order valence-corrected chi connectivity index (χ3v) is 3.67. The lowest BCUT2D eigenvalue weighted by Crippen LogP contribution is -2.47. The number of hydrogen-bond acceptors (Lipinski definition) is 4. The standard InChI is InChI=1S/C12H23N3O2/c16-10-9-13-3-1-4-14(8-7-13)11-12(17)15-5-2-6-15/h16H,1-11H2. The minimum atomic E-state index is 0.229. The molecule has 98 valence electrons. The summed E-state index contributed by atoms with van der Waals surface area (Å²) in [5, 5.41) is 8.92. The molecular weight excluding hydrogens is 218 g/mol. The highest BCUT2D eigenvalue weighted by Crippen LogP contribution is 2.08. The van der Waals surface area contributed by atoms with Crippen LogP contribution in [-0.2, 0) is 4.79 Å². The number of amides is 1. The number of nitrogens with zero attached hydrogens (tertiary/aromatic N) is 3. The van der Waals surface area contributed by atoms with E-state index >= 15 is 0 Å². The SMILES string of the molecule is O=C(CN1CCCN(CCO)CC1)N1CCC1. The summed E-state index contributed by atoms with van der Waals surface area (Å²) in [6.45, 7) is 7.41. The fourth-order valence-corrected chi connectivity index (χ4v) is 2.40. The lowest BCUT2D eigenvalue weighted by Gasteiger charge is -2.33. The number of β-amino-alcohol motifs (C(OH)–C–C–N with tert-alkyl or cyclic N) is 1. The van der Waals surface area contributed by atoms with Gasteiger partial charge in [-0.1, -0.05) is 0 Å². The zero-order valence-electron chi connectivity index (χ0n) is 10.5. The summed E-state index contributed by atoms with van der Waals surface area (Å²) >= 11 is 0. The number of aliphatic hydroxyl groups is 1. The number of aliphatic hydroxyl groups excluding tert-OH is 1. The van der Waals surface area contributed by atoms with Gasteiger partial charge in [0.1, 0.15) is 0 Å². The molecule has 2 aliphatic rings. The molecule has 1 amide bonds. The van der Waals surface area contributed by atoms with E-state index in [9.17, 15) is 4.79 Å². The molecule has 0 bridgehead atoms. The molecule has 0 aromatic heterocycles. The smallest absolute Gasteiger partial charge is 0.236 e. The maximum Gasteiger partial charge on any atom is 0.236 e. The second-order valence-electron chi connectivity index (χ2n) is 4.93. The van der Waals surface area contributed by atoms with Crippen molar-refractivity contribution in [3.63, 3.8) is 0 Å². The zero-order chi connectivity index (χ0) is 12.1.